The van der Waals surface area contributed by atoms with Crippen LogP contribution in [0.25, 0.3) is 10.1 Å². The number of benzene rings is 1. The minimum Gasteiger partial charge on any atom is -1.00 e. The molecule has 0 atom stereocenters. The van der Waals surface area contributed by atoms with E-state index in [0.29, 0.717) is 0 Å². The number of carbonyl (C=O) groups excluding carboxylic acids is 1. The smallest absolute Gasteiger partial charge is 1.00 e. The van der Waals surface area contributed by atoms with Crippen molar-refractivity contribution in [2.75, 3.05) is 0 Å². The van der Waals surface area contributed by atoms with Crippen molar-refractivity contribution >= 4 is 45.1 Å². The second kappa shape index (κ2) is 5.66. The van der Waals surface area contributed by atoms with Gasteiger partial charge in [0.2, 0.25) is 0 Å². The van der Waals surface area contributed by atoms with Crippen molar-refractivity contribution in [2.45, 2.75) is 0 Å². The molecule has 13 heavy (non-hydrogen) atoms. The van der Waals surface area contributed by atoms with Gasteiger partial charge in [-0.1, -0.05) is 18.2 Å². The third-order valence-electron chi connectivity index (χ3n) is 1.64. The van der Waals surface area contributed by atoms with E-state index in [0.717, 1.165) is 17.2 Å². The number of rotatable bonds is 1. The van der Waals surface area contributed by atoms with Crippen molar-refractivity contribution in [3.05, 3.63) is 35.2 Å². The summed E-state index contributed by atoms with van der Waals surface area (Å²) in [5, 5.41) is 2.95. The van der Waals surface area contributed by atoms with E-state index in [1.807, 2.05) is 29.6 Å². The Morgan fingerprint density at radius 2 is 2.00 bits per heavy atom. The van der Waals surface area contributed by atoms with Crippen molar-refractivity contribution in [1.29, 1.82) is 0 Å². The molecule has 0 saturated carbocycles. The Morgan fingerprint density at radius 3 is 2.69 bits per heavy atom. The van der Waals surface area contributed by atoms with Crippen molar-refractivity contribution in [3.8, 4) is 0 Å². The Hall–Kier alpha value is -0.0201. The number of fused-ring (bicyclic) bond motifs is 1. The maximum atomic E-state index is 10.5. The Bertz CT molecular complexity index is 404. The van der Waals surface area contributed by atoms with Gasteiger partial charge < -0.3 is 1.43 Å². The van der Waals surface area contributed by atoms with E-state index in [1.165, 1.54) is 4.70 Å². The Balaban J connectivity index is 0. The van der Waals surface area contributed by atoms with Crippen molar-refractivity contribution in [2.24, 2.45) is 0 Å². The van der Waals surface area contributed by atoms with Crippen molar-refractivity contribution < 1.29 is 25.1 Å². The molecule has 0 bridgehead atoms. The van der Waals surface area contributed by atoms with Gasteiger partial charge in [0.25, 0.3) is 0 Å². The Kier molecular flexibility index (Phi) is 5.65. The van der Waals surface area contributed by atoms with E-state index in [4.69, 9.17) is 0 Å². The summed E-state index contributed by atoms with van der Waals surface area (Å²) in [6.07, 6.45) is 0.902. The minimum atomic E-state index is 0. The fraction of sp³-hybridized carbons (Fsp3) is 0. The first kappa shape index (κ1) is 13.0. The molecule has 0 aliphatic carbocycles. The average molecular weight is 197 g/mol. The number of thiophene rings is 1. The summed E-state index contributed by atoms with van der Waals surface area (Å²) in [4.78, 5) is 10.5. The third-order valence-corrected chi connectivity index (χ3v) is 2.62. The van der Waals surface area contributed by atoms with Crippen LogP contribution in [0.3, 0.4) is 0 Å². The zero-order valence-electron chi connectivity index (χ0n) is 8.36. The molecule has 0 aliphatic heterocycles. The van der Waals surface area contributed by atoms with Gasteiger partial charge in [0.05, 0.1) is 0 Å². The van der Waals surface area contributed by atoms with Gasteiger partial charge in [-0.3, -0.25) is 4.79 Å². The van der Waals surface area contributed by atoms with E-state index in [-0.39, 0.29) is 37.6 Å². The van der Waals surface area contributed by atoms with Crippen LogP contribution in [0.2, 0.25) is 0 Å². The summed E-state index contributed by atoms with van der Waals surface area (Å²) >= 11 is 1.61. The fourth-order valence-corrected chi connectivity index (χ4v) is 2.00. The topological polar surface area (TPSA) is 17.1 Å². The predicted octanol–water partition coefficient (Wildman–Crippen LogP) is -0.551. The molecule has 0 aliphatic rings. The van der Waals surface area contributed by atoms with Crippen LogP contribution in [0.1, 0.15) is 11.8 Å². The molecule has 0 unspecified atom stereocenters. The number of hydrogen-bond acceptors (Lipinski definition) is 2. The predicted molar refractivity (Wildman–Crippen MR) is 54.1 cm³/mol. The molecule has 2 rings (SSSR count). The molecule has 59 valence electrons. The summed E-state index contributed by atoms with van der Waals surface area (Å²) < 4.78 is 1.18. The molecule has 4 heteroatoms. The minimum absolute atomic E-state index is 0. The summed E-state index contributed by atoms with van der Waals surface area (Å²) in [5.74, 6) is 0. The van der Waals surface area contributed by atoms with Crippen LogP contribution in [-0.4, -0.2) is 23.6 Å². The van der Waals surface area contributed by atoms with Crippen LogP contribution in [0.5, 0.6) is 0 Å². The monoisotopic (exact) mass is 197 g/mol. The molecular weight excluding hydrogens is 190 g/mol. The van der Waals surface area contributed by atoms with Crippen molar-refractivity contribution in [1.82, 2.24) is 0 Å². The summed E-state index contributed by atoms with van der Waals surface area (Å²) in [7, 11) is 0. The average Bonchev–Trinajstić information content (AvgIpc) is 2.47. The van der Waals surface area contributed by atoms with E-state index in [2.05, 4.69) is 0 Å². The van der Waals surface area contributed by atoms with E-state index < -0.39 is 0 Å². The summed E-state index contributed by atoms with van der Waals surface area (Å²) in [5.41, 5.74) is 0.797. The van der Waals surface area contributed by atoms with Gasteiger partial charge in [-0.15, -0.1) is 11.3 Å². The van der Waals surface area contributed by atoms with Crippen LogP contribution in [-0.2, 0) is 0 Å². The number of hydrogen-bond donors (Lipinski definition) is 0. The Labute approximate surface area is 105 Å². The molecule has 2 aromatic rings. The normalized spacial score (nSPS) is 8.62. The summed E-state index contributed by atoms with van der Waals surface area (Å²) in [6, 6.07) is 7.91. The first-order valence-electron chi connectivity index (χ1n) is 3.33. The largest absolute Gasteiger partial charge is 1.00 e. The maximum absolute atomic E-state index is 10.5. The van der Waals surface area contributed by atoms with Crippen LogP contribution in [0.15, 0.2) is 29.6 Å². The van der Waals surface area contributed by atoms with Gasteiger partial charge in [-0.2, -0.15) is 0 Å². The molecule has 1 aromatic carbocycles. The second-order valence-electron chi connectivity index (χ2n) is 2.31. The zero-order valence-corrected chi connectivity index (χ0v) is 9.33. The van der Waals surface area contributed by atoms with Gasteiger partial charge >= 0.3 is 18.9 Å². The number of carbonyl (C=O) groups is 1. The first-order valence-corrected chi connectivity index (χ1v) is 4.21. The van der Waals surface area contributed by atoms with Crippen LogP contribution in [0, 0.1) is 0 Å². The van der Waals surface area contributed by atoms with Gasteiger partial charge in [-0.05, 0) is 6.07 Å². The maximum Gasteiger partial charge on any atom is 1.00 e. The van der Waals surface area contributed by atoms with Gasteiger partial charge in [-0.25, -0.2) is 0 Å². The first-order chi connectivity index (χ1) is 5.42. The van der Waals surface area contributed by atoms with Gasteiger partial charge in [0, 0.05) is 38.4 Å². The van der Waals surface area contributed by atoms with Crippen LogP contribution >= 0.6 is 11.3 Å². The Morgan fingerprint density at radius 1 is 1.31 bits per heavy atom. The molecule has 0 N–H and O–H groups in total. The second-order valence-corrected chi connectivity index (χ2v) is 3.22. The zero-order chi connectivity index (χ0) is 7.68. The molecule has 0 fully saturated rings. The molecule has 3 radical (unpaired) electrons. The quantitative estimate of drug-likeness (QED) is 0.443. The van der Waals surface area contributed by atoms with Crippen LogP contribution in [0.4, 0.5) is 0 Å². The molecule has 0 saturated heterocycles. The molecule has 0 amide bonds. The molecule has 1 aromatic heterocycles. The van der Waals surface area contributed by atoms with E-state index in [1.54, 1.807) is 11.3 Å². The standard InChI is InChI=1S/C9H6OS.Al.Li.H/c10-5-7-6-11-9-4-2-1-3-8(7)9;;;/h1-6H;;;/q;;+1;-1. The van der Waals surface area contributed by atoms with Gasteiger partial charge in [0.15, 0.2) is 6.29 Å². The molecule has 1 nitrogen and oxygen atoms in total. The van der Waals surface area contributed by atoms with Gasteiger partial charge in [0.1, 0.15) is 0 Å². The summed E-state index contributed by atoms with van der Waals surface area (Å²) in [6.45, 7) is 0. The van der Waals surface area contributed by atoms with Crippen molar-refractivity contribution in [3.63, 3.8) is 0 Å². The molecule has 0 spiro atoms. The van der Waals surface area contributed by atoms with Crippen LogP contribution < -0.4 is 18.9 Å². The molecule has 1 heterocycles. The van der Waals surface area contributed by atoms with E-state index in [9.17, 15) is 4.79 Å². The SMILES string of the molecule is O=Cc1csc2ccccc12.[Al].[H-].[Li+]. The molecular formula is C9H7AlLiOS. The van der Waals surface area contributed by atoms with E-state index >= 15 is 0 Å². The fourth-order valence-electron chi connectivity index (χ4n) is 1.09. The third kappa shape index (κ3) is 2.47. The number of aldehydes is 1.